The van der Waals surface area contributed by atoms with Gasteiger partial charge in [0.1, 0.15) is 0 Å². The Labute approximate surface area is 149 Å². The number of thiophene rings is 2. The first-order chi connectivity index (χ1) is 11.9. The van der Waals surface area contributed by atoms with Crippen LogP contribution in [0.3, 0.4) is 0 Å². The number of fused-ring (bicyclic) bond motifs is 2. The van der Waals surface area contributed by atoms with E-state index in [-0.39, 0.29) is 0 Å². The largest absolute Gasteiger partial charge is 0.367 e. The number of piperazine rings is 1. The molecule has 0 saturated carbocycles. The van der Waals surface area contributed by atoms with Gasteiger partial charge in [0.25, 0.3) is 0 Å². The van der Waals surface area contributed by atoms with E-state index in [1.54, 1.807) is 0 Å². The summed E-state index contributed by atoms with van der Waals surface area (Å²) >= 11 is 3.68. The van der Waals surface area contributed by atoms with Crippen LogP contribution in [0.5, 0.6) is 0 Å². The molecule has 2 nitrogen and oxygen atoms in total. The van der Waals surface area contributed by atoms with Crippen LogP contribution in [-0.4, -0.2) is 26.2 Å². The fraction of sp³-hybridized carbons (Fsp3) is 0.200. The van der Waals surface area contributed by atoms with Gasteiger partial charge >= 0.3 is 0 Å². The molecule has 5 rings (SSSR count). The third kappa shape index (κ3) is 2.29. The van der Waals surface area contributed by atoms with E-state index in [9.17, 15) is 0 Å². The summed E-state index contributed by atoms with van der Waals surface area (Å²) in [5, 5.41) is 7.16. The van der Waals surface area contributed by atoms with Gasteiger partial charge in [-0.3, -0.25) is 0 Å². The predicted octanol–water partition coefficient (Wildman–Crippen LogP) is 5.44. The fourth-order valence-electron chi connectivity index (χ4n) is 3.67. The minimum Gasteiger partial charge on any atom is -0.367 e. The van der Waals surface area contributed by atoms with Crippen molar-refractivity contribution in [1.82, 2.24) is 0 Å². The maximum Gasteiger partial charge on any atom is 0.0576 e. The molecule has 120 valence electrons. The van der Waals surface area contributed by atoms with Crippen molar-refractivity contribution >= 4 is 54.2 Å². The lowest BCUT2D eigenvalue weighted by atomic mass is 10.1. The smallest absolute Gasteiger partial charge is 0.0576 e. The third-order valence-electron chi connectivity index (χ3n) is 4.89. The Morgan fingerprint density at radius 1 is 0.667 bits per heavy atom. The number of anilines is 2. The van der Waals surface area contributed by atoms with Gasteiger partial charge in [0.05, 0.1) is 10.4 Å². The zero-order chi connectivity index (χ0) is 15.9. The van der Waals surface area contributed by atoms with Crippen molar-refractivity contribution in [3.05, 3.63) is 59.3 Å². The van der Waals surface area contributed by atoms with Crippen LogP contribution >= 0.6 is 22.7 Å². The molecular weight excluding hydrogens is 332 g/mol. The van der Waals surface area contributed by atoms with E-state index in [2.05, 4.69) is 69.1 Å². The summed E-state index contributed by atoms with van der Waals surface area (Å²) in [7, 11) is 0. The van der Waals surface area contributed by atoms with Crippen molar-refractivity contribution in [3.63, 3.8) is 0 Å². The highest BCUT2D eigenvalue weighted by atomic mass is 32.1. The summed E-state index contributed by atoms with van der Waals surface area (Å²) in [6.07, 6.45) is 0. The Morgan fingerprint density at radius 2 is 1.38 bits per heavy atom. The topological polar surface area (TPSA) is 6.48 Å². The lowest BCUT2D eigenvalue weighted by Crippen LogP contribution is -2.46. The summed E-state index contributed by atoms with van der Waals surface area (Å²) in [5.74, 6) is 0. The van der Waals surface area contributed by atoms with Gasteiger partial charge in [0.15, 0.2) is 0 Å². The molecule has 1 saturated heterocycles. The molecule has 4 aromatic rings. The molecule has 24 heavy (non-hydrogen) atoms. The van der Waals surface area contributed by atoms with Crippen molar-refractivity contribution in [1.29, 1.82) is 0 Å². The van der Waals surface area contributed by atoms with Gasteiger partial charge in [0.2, 0.25) is 0 Å². The molecule has 2 aromatic heterocycles. The summed E-state index contributed by atoms with van der Waals surface area (Å²) in [6, 6.07) is 17.8. The summed E-state index contributed by atoms with van der Waals surface area (Å²) in [6.45, 7) is 4.32. The van der Waals surface area contributed by atoms with Gasteiger partial charge in [0, 0.05) is 42.0 Å². The van der Waals surface area contributed by atoms with Crippen LogP contribution < -0.4 is 9.80 Å². The Bertz CT molecular complexity index is 911. The molecule has 0 unspecified atom stereocenters. The quantitative estimate of drug-likeness (QED) is 0.475. The molecule has 0 aliphatic carbocycles. The van der Waals surface area contributed by atoms with Crippen molar-refractivity contribution in [2.24, 2.45) is 0 Å². The first kappa shape index (κ1) is 14.3. The predicted molar refractivity (Wildman–Crippen MR) is 108 cm³/mol. The SMILES string of the molecule is c1cc(N2CCN(c3cccc4sccc34)CC2)c2sccc2c1. The summed E-state index contributed by atoms with van der Waals surface area (Å²) in [4.78, 5) is 5.09. The van der Waals surface area contributed by atoms with E-state index in [1.165, 1.54) is 31.5 Å². The molecule has 2 aromatic carbocycles. The van der Waals surface area contributed by atoms with Gasteiger partial charge in [-0.1, -0.05) is 18.2 Å². The Kier molecular flexibility index (Phi) is 3.46. The Balaban J connectivity index is 1.41. The van der Waals surface area contributed by atoms with Crippen molar-refractivity contribution in [2.75, 3.05) is 36.0 Å². The number of hydrogen-bond donors (Lipinski definition) is 0. The normalized spacial score (nSPS) is 15.5. The second-order valence-electron chi connectivity index (χ2n) is 6.20. The molecule has 0 atom stereocenters. The number of benzene rings is 2. The molecule has 1 aliphatic heterocycles. The minimum absolute atomic E-state index is 1.08. The molecular formula is C20H18N2S2. The monoisotopic (exact) mass is 350 g/mol. The zero-order valence-corrected chi connectivity index (χ0v) is 14.9. The maximum absolute atomic E-state index is 2.54. The van der Waals surface area contributed by atoms with Crippen molar-refractivity contribution in [2.45, 2.75) is 0 Å². The average Bonchev–Trinajstić information content (AvgIpc) is 3.30. The van der Waals surface area contributed by atoms with E-state index < -0.39 is 0 Å². The van der Waals surface area contributed by atoms with Crippen LogP contribution in [0.4, 0.5) is 11.4 Å². The molecule has 1 fully saturated rings. The average molecular weight is 351 g/mol. The van der Waals surface area contributed by atoms with E-state index in [1.807, 2.05) is 22.7 Å². The lowest BCUT2D eigenvalue weighted by molar-refractivity contribution is 0.657. The van der Waals surface area contributed by atoms with Gasteiger partial charge in [-0.15, -0.1) is 22.7 Å². The maximum atomic E-state index is 2.54. The molecule has 3 heterocycles. The zero-order valence-electron chi connectivity index (χ0n) is 13.3. The second-order valence-corrected chi connectivity index (χ2v) is 8.06. The number of hydrogen-bond acceptors (Lipinski definition) is 4. The van der Waals surface area contributed by atoms with Gasteiger partial charge in [-0.05, 0) is 46.5 Å². The molecule has 0 amide bonds. The van der Waals surface area contributed by atoms with Gasteiger partial charge < -0.3 is 9.80 Å². The van der Waals surface area contributed by atoms with Crippen LogP contribution in [-0.2, 0) is 0 Å². The second kappa shape index (κ2) is 5.80. The van der Waals surface area contributed by atoms with Crippen LogP contribution in [0.1, 0.15) is 0 Å². The fourth-order valence-corrected chi connectivity index (χ4v) is 5.42. The van der Waals surface area contributed by atoms with E-state index in [4.69, 9.17) is 0 Å². The van der Waals surface area contributed by atoms with Crippen LogP contribution in [0, 0.1) is 0 Å². The summed E-state index contributed by atoms with van der Waals surface area (Å²) in [5.41, 5.74) is 2.79. The van der Waals surface area contributed by atoms with Crippen LogP contribution in [0.2, 0.25) is 0 Å². The third-order valence-corrected chi connectivity index (χ3v) is 6.73. The molecule has 0 radical (unpaired) electrons. The summed E-state index contributed by atoms with van der Waals surface area (Å²) < 4.78 is 2.81. The highest BCUT2D eigenvalue weighted by Crippen LogP contribution is 2.34. The van der Waals surface area contributed by atoms with Gasteiger partial charge in [-0.2, -0.15) is 0 Å². The first-order valence-corrected chi connectivity index (χ1v) is 10.1. The number of rotatable bonds is 2. The Morgan fingerprint density at radius 3 is 2.25 bits per heavy atom. The molecule has 0 N–H and O–H groups in total. The van der Waals surface area contributed by atoms with Crippen molar-refractivity contribution < 1.29 is 0 Å². The molecule has 4 heteroatoms. The lowest BCUT2D eigenvalue weighted by Gasteiger charge is -2.37. The number of nitrogens with zero attached hydrogens (tertiary/aromatic N) is 2. The molecule has 0 spiro atoms. The van der Waals surface area contributed by atoms with Gasteiger partial charge in [-0.25, -0.2) is 0 Å². The Hall–Kier alpha value is -2.04. The minimum atomic E-state index is 1.08. The van der Waals surface area contributed by atoms with E-state index in [0.29, 0.717) is 0 Å². The highest BCUT2D eigenvalue weighted by molar-refractivity contribution is 7.18. The van der Waals surface area contributed by atoms with Crippen LogP contribution in [0.15, 0.2) is 59.3 Å². The highest BCUT2D eigenvalue weighted by Gasteiger charge is 2.20. The first-order valence-electron chi connectivity index (χ1n) is 8.32. The standard InChI is InChI=1S/C20H18N2S2/c1-3-15-7-13-24-20(15)18(5-1)22-11-9-21(10-12-22)17-4-2-6-19-16(17)8-14-23-19/h1-8,13-14H,9-12H2. The van der Waals surface area contributed by atoms with Crippen molar-refractivity contribution in [3.8, 4) is 0 Å². The van der Waals surface area contributed by atoms with E-state index >= 15 is 0 Å². The molecule has 1 aliphatic rings. The van der Waals surface area contributed by atoms with E-state index in [0.717, 1.165) is 26.2 Å². The van der Waals surface area contributed by atoms with Crippen LogP contribution in [0.25, 0.3) is 20.2 Å². The molecule has 0 bridgehead atoms.